The normalized spacial score (nSPS) is 22.8. The molecule has 10 radical (unpaired) electrons. The maximum Gasteiger partial charge on any atom is 2.00 e. The van der Waals surface area contributed by atoms with Crippen molar-refractivity contribution in [2.45, 2.75) is 19.4 Å². The minimum atomic E-state index is -0.264. The Bertz CT molecular complexity index is 121. The first kappa shape index (κ1) is 15.5. The zero-order valence-corrected chi connectivity index (χ0v) is 9.89. The van der Waals surface area contributed by atoms with Crippen LogP contribution in [0.15, 0.2) is 0 Å². The predicted octanol–water partition coefficient (Wildman–Crippen LogP) is 2.18. The van der Waals surface area contributed by atoms with E-state index in [1.54, 1.807) is 0 Å². The maximum atomic E-state index is 9.22. The molecule has 0 bridgehead atoms. The van der Waals surface area contributed by atoms with Gasteiger partial charge in [-0.25, -0.2) is 0 Å². The fourth-order valence-corrected chi connectivity index (χ4v) is 1.17. The quantitative estimate of drug-likeness (QED) is 0.738. The van der Waals surface area contributed by atoms with E-state index in [4.69, 9.17) is 0 Å². The molecule has 0 heterocycles. The molecule has 2 saturated carbocycles. The van der Waals surface area contributed by atoms with Crippen LogP contribution in [0.4, 0.5) is 0 Å². The van der Waals surface area contributed by atoms with Gasteiger partial charge in [0, 0.05) is 5.92 Å². The van der Waals surface area contributed by atoms with E-state index in [2.05, 4.69) is 0 Å². The molecule has 1 unspecified atom stereocenters. The van der Waals surface area contributed by atoms with Crippen molar-refractivity contribution in [3.8, 4) is 0 Å². The molecule has 2 aliphatic carbocycles. The van der Waals surface area contributed by atoms with Crippen LogP contribution in [0.3, 0.4) is 0 Å². The monoisotopic (exact) mass is 244 g/mol. The molecule has 2 aliphatic rings. The summed E-state index contributed by atoms with van der Waals surface area (Å²) in [7, 11) is 0. The van der Waals surface area contributed by atoms with E-state index in [9.17, 15) is 5.11 Å². The molecule has 0 aromatic rings. The van der Waals surface area contributed by atoms with Crippen LogP contribution in [0.5, 0.6) is 0 Å². The summed E-state index contributed by atoms with van der Waals surface area (Å²) >= 11 is 0. The fraction of sp³-hybridized carbons (Fsp3) is 0.231. The second-order valence-corrected chi connectivity index (χ2v) is 3.10. The summed E-state index contributed by atoms with van der Waals surface area (Å²) in [5.74, 6) is 1.03. The van der Waals surface area contributed by atoms with Crippen LogP contribution in [0.1, 0.15) is 13.3 Å². The molecule has 15 heavy (non-hydrogen) atoms. The molecule has 80 valence electrons. The second kappa shape index (κ2) is 9.69. The molecule has 2 fully saturated rings. The van der Waals surface area contributed by atoms with Gasteiger partial charge in [0.05, 0.1) is 6.10 Å². The summed E-state index contributed by atoms with van der Waals surface area (Å²) in [5.41, 5.74) is 0. The van der Waals surface area contributed by atoms with E-state index >= 15 is 0 Å². The van der Waals surface area contributed by atoms with Crippen LogP contribution in [0.2, 0.25) is 0 Å². The molecule has 2 heteroatoms. The molecule has 1 N–H and O–H groups in total. The van der Waals surface area contributed by atoms with E-state index in [0.717, 1.165) is 12.3 Å². The topological polar surface area (TPSA) is 20.2 Å². The molecule has 0 amide bonds. The van der Waals surface area contributed by atoms with Gasteiger partial charge in [-0.3, -0.25) is 0 Å². The average Bonchev–Trinajstić information content (AvgIpc) is 2.91. The van der Waals surface area contributed by atoms with Gasteiger partial charge >= 0.3 is 17.1 Å². The minimum Gasteiger partial charge on any atom is -0.393 e. The Morgan fingerprint density at radius 2 is 1.33 bits per heavy atom. The van der Waals surface area contributed by atoms with Crippen molar-refractivity contribution < 1.29 is 22.2 Å². The van der Waals surface area contributed by atoms with Crippen molar-refractivity contribution in [3.63, 3.8) is 0 Å². The number of hydrogen-bond donors (Lipinski definition) is 1. The fourth-order valence-electron chi connectivity index (χ4n) is 1.17. The average molecular weight is 244 g/mol. The Kier molecular flexibility index (Phi) is 10.00. The molecular formula is C13H16FeO+2. The van der Waals surface area contributed by atoms with Crippen LogP contribution < -0.4 is 0 Å². The van der Waals surface area contributed by atoms with E-state index in [0.29, 0.717) is 0 Å². The summed E-state index contributed by atoms with van der Waals surface area (Å²) in [6.45, 7) is 1.97. The number of rotatable bonds is 2. The Morgan fingerprint density at radius 1 is 0.933 bits per heavy atom. The van der Waals surface area contributed by atoms with Crippen LogP contribution in [-0.4, -0.2) is 11.2 Å². The molecule has 1 atom stereocenters. The first-order chi connectivity index (χ1) is 6.84. The summed E-state index contributed by atoms with van der Waals surface area (Å²) < 4.78 is 0. The van der Waals surface area contributed by atoms with Crippen LogP contribution in [0.25, 0.3) is 0 Å². The molecule has 0 saturated heterocycles. The van der Waals surface area contributed by atoms with Crippen LogP contribution in [-0.2, 0) is 17.1 Å². The predicted molar refractivity (Wildman–Crippen MR) is 58.2 cm³/mol. The minimum absolute atomic E-state index is 0. The third kappa shape index (κ3) is 6.60. The van der Waals surface area contributed by atoms with Gasteiger partial charge in [-0.2, -0.15) is 0 Å². The van der Waals surface area contributed by atoms with Gasteiger partial charge in [0.2, 0.25) is 0 Å². The van der Waals surface area contributed by atoms with E-state index in [-0.39, 0.29) is 23.2 Å². The first-order valence-corrected chi connectivity index (χ1v) is 4.91. The summed E-state index contributed by atoms with van der Waals surface area (Å²) in [6, 6.07) is 0. The van der Waals surface area contributed by atoms with Gasteiger partial charge in [-0.15, -0.1) is 0 Å². The van der Waals surface area contributed by atoms with E-state index in [1.165, 1.54) is 0 Å². The van der Waals surface area contributed by atoms with Gasteiger partial charge in [-0.05, 0) is 64.2 Å². The van der Waals surface area contributed by atoms with E-state index < -0.39 is 0 Å². The van der Waals surface area contributed by atoms with Gasteiger partial charge in [0.1, 0.15) is 0 Å². The van der Waals surface area contributed by atoms with Gasteiger partial charge in [0.15, 0.2) is 0 Å². The Balaban J connectivity index is 0.000000280. The Morgan fingerprint density at radius 3 is 1.67 bits per heavy atom. The molecular weight excluding hydrogens is 228 g/mol. The number of aliphatic hydroxyl groups excluding tert-OH is 1. The van der Waals surface area contributed by atoms with Gasteiger partial charge < -0.3 is 5.11 Å². The number of hydrogen-bond acceptors (Lipinski definition) is 1. The van der Waals surface area contributed by atoms with Crippen molar-refractivity contribution in [1.29, 1.82) is 0 Å². The summed E-state index contributed by atoms with van der Waals surface area (Å²) in [6.07, 6.45) is 18.3. The molecule has 0 spiro atoms. The van der Waals surface area contributed by atoms with Crippen LogP contribution >= 0.6 is 0 Å². The van der Waals surface area contributed by atoms with Crippen molar-refractivity contribution in [2.24, 2.45) is 0 Å². The zero-order valence-electron chi connectivity index (χ0n) is 8.78. The largest absolute Gasteiger partial charge is 2.00 e. The third-order valence-electron chi connectivity index (χ3n) is 2.02. The van der Waals surface area contributed by atoms with Crippen molar-refractivity contribution >= 4 is 0 Å². The Labute approximate surface area is 106 Å². The van der Waals surface area contributed by atoms with Crippen molar-refractivity contribution in [3.05, 3.63) is 63.7 Å². The van der Waals surface area contributed by atoms with E-state index in [1.807, 2.05) is 64.7 Å². The molecule has 1 nitrogen and oxygen atoms in total. The smallest absolute Gasteiger partial charge is 0.393 e. The van der Waals surface area contributed by atoms with Gasteiger partial charge in [-0.1, -0.05) is 6.92 Å². The van der Waals surface area contributed by atoms with Gasteiger partial charge in [0.25, 0.3) is 0 Å². The second-order valence-electron chi connectivity index (χ2n) is 3.10. The van der Waals surface area contributed by atoms with Crippen molar-refractivity contribution in [2.75, 3.05) is 0 Å². The van der Waals surface area contributed by atoms with Crippen LogP contribution in [0, 0.1) is 63.7 Å². The standard InChI is InChI=1S/C8H11O.C5H5.Fe/c1-2-8(9)7-5-3-4-6-7;1-2-4-5-3-1;/h3-6,8-9H,2H2,1H3;1-5H;/q;;+2. The third-order valence-corrected chi connectivity index (χ3v) is 2.02. The zero-order chi connectivity index (χ0) is 10.2. The molecule has 2 rings (SSSR count). The number of aliphatic hydroxyl groups is 1. The molecule has 0 aromatic carbocycles. The van der Waals surface area contributed by atoms with Crippen molar-refractivity contribution in [1.82, 2.24) is 0 Å². The molecule has 0 aliphatic heterocycles. The first-order valence-electron chi connectivity index (χ1n) is 4.91. The molecule has 0 aromatic heterocycles. The summed E-state index contributed by atoms with van der Waals surface area (Å²) in [5, 5.41) is 9.22. The maximum absolute atomic E-state index is 9.22. The summed E-state index contributed by atoms with van der Waals surface area (Å²) in [4.78, 5) is 0. The Hall–Kier alpha value is 0.479. The SMILES string of the molecule is CCC(O)[C]1[CH][CH][CH][CH]1.[CH]1[CH][CH][CH][CH]1.[Fe+2].